The van der Waals surface area contributed by atoms with E-state index in [0.29, 0.717) is 17.5 Å². The van der Waals surface area contributed by atoms with Crippen LogP contribution >= 0.6 is 15.9 Å². The van der Waals surface area contributed by atoms with E-state index in [2.05, 4.69) is 15.9 Å². The summed E-state index contributed by atoms with van der Waals surface area (Å²) in [5.41, 5.74) is 0. The van der Waals surface area contributed by atoms with Crippen LogP contribution in [0.3, 0.4) is 0 Å². The number of benzene rings is 1. The molecule has 1 aromatic carbocycles. The molecule has 0 bridgehead atoms. The molecule has 0 aliphatic carbocycles. The molecule has 0 heterocycles. The molecule has 6 nitrogen and oxygen atoms in total. The molecule has 8 heteroatoms. The molecule has 0 aliphatic heterocycles. The molecule has 0 fully saturated rings. The van der Waals surface area contributed by atoms with Crippen LogP contribution in [0.5, 0.6) is 5.75 Å². The molecule has 1 N–H and O–H groups in total. The van der Waals surface area contributed by atoms with Gasteiger partial charge in [0.05, 0.1) is 6.61 Å². The Labute approximate surface area is 132 Å². The summed E-state index contributed by atoms with van der Waals surface area (Å²) in [7, 11) is -3.94. The predicted molar refractivity (Wildman–Crippen MR) is 82.0 cm³/mol. The van der Waals surface area contributed by atoms with Gasteiger partial charge in [-0.25, -0.2) is 8.42 Å². The quantitative estimate of drug-likeness (QED) is 0.749. The normalized spacial score (nSPS) is 11.6. The maximum Gasteiger partial charge on any atom is 0.318 e. The van der Waals surface area contributed by atoms with Crippen molar-refractivity contribution in [2.75, 3.05) is 19.7 Å². The van der Waals surface area contributed by atoms with Gasteiger partial charge in [-0.15, -0.1) is 0 Å². The topological polar surface area (TPSA) is 83.9 Å². The number of nitrogens with zero attached hydrogens (tertiary/aromatic N) is 1. The highest BCUT2D eigenvalue weighted by Crippen LogP contribution is 2.30. The van der Waals surface area contributed by atoms with Gasteiger partial charge < -0.3 is 9.84 Å². The fraction of sp³-hybridized carbons (Fsp3) is 0.462. The van der Waals surface area contributed by atoms with Crippen LogP contribution < -0.4 is 4.74 Å². The van der Waals surface area contributed by atoms with E-state index in [1.807, 2.05) is 0 Å². The minimum absolute atomic E-state index is 0.0339. The minimum atomic E-state index is -3.94. The van der Waals surface area contributed by atoms with Crippen LogP contribution in [0.25, 0.3) is 0 Å². The molecule has 0 aliphatic rings. The van der Waals surface area contributed by atoms with E-state index in [-0.39, 0.29) is 17.2 Å². The lowest BCUT2D eigenvalue weighted by Gasteiger charge is -2.21. The van der Waals surface area contributed by atoms with E-state index in [1.54, 1.807) is 26.0 Å². The van der Waals surface area contributed by atoms with Crippen LogP contribution in [-0.4, -0.2) is 43.5 Å². The summed E-state index contributed by atoms with van der Waals surface area (Å²) in [4.78, 5) is 10.9. The number of ether oxygens (including phenoxy) is 1. The first-order valence-corrected chi connectivity index (χ1v) is 8.70. The zero-order chi connectivity index (χ0) is 16.0. The second-order valence-corrected chi connectivity index (χ2v) is 7.08. The molecule has 118 valence electrons. The van der Waals surface area contributed by atoms with Crippen molar-refractivity contribution in [2.45, 2.75) is 25.2 Å². The first-order chi connectivity index (χ1) is 9.82. The van der Waals surface area contributed by atoms with Gasteiger partial charge in [0.25, 0.3) is 0 Å². The van der Waals surface area contributed by atoms with Gasteiger partial charge in [0, 0.05) is 11.0 Å². The van der Waals surface area contributed by atoms with E-state index >= 15 is 0 Å². The molecule has 0 atom stereocenters. The van der Waals surface area contributed by atoms with E-state index < -0.39 is 22.5 Å². The second-order valence-electron chi connectivity index (χ2n) is 4.26. The van der Waals surface area contributed by atoms with Crippen molar-refractivity contribution >= 4 is 31.9 Å². The molecule has 0 unspecified atom stereocenters. The minimum Gasteiger partial charge on any atom is -0.492 e. The molecule has 21 heavy (non-hydrogen) atoms. The summed E-state index contributed by atoms with van der Waals surface area (Å²) in [6.45, 7) is 3.41. The van der Waals surface area contributed by atoms with Crippen LogP contribution in [-0.2, 0) is 14.8 Å². The summed E-state index contributed by atoms with van der Waals surface area (Å²) in [6, 6.07) is 4.64. The average Bonchev–Trinajstić information content (AvgIpc) is 2.40. The standard InChI is InChI=1S/C13H18BrNO5S/c1-3-7-15(9-13(16)17)21(18,19)12-8-10(14)5-6-11(12)20-4-2/h5-6,8H,3-4,7,9H2,1-2H3,(H,16,17). The van der Waals surface area contributed by atoms with Gasteiger partial charge >= 0.3 is 5.97 Å². The maximum absolute atomic E-state index is 12.7. The summed E-state index contributed by atoms with van der Waals surface area (Å²) in [5.74, 6) is -0.979. The third-order valence-corrected chi connectivity index (χ3v) is 4.97. The van der Waals surface area contributed by atoms with Crippen molar-refractivity contribution in [3.63, 3.8) is 0 Å². The van der Waals surface area contributed by atoms with Crippen molar-refractivity contribution < 1.29 is 23.1 Å². The van der Waals surface area contributed by atoms with Gasteiger partial charge in [-0.2, -0.15) is 4.31 Å². The molecule has 0 radical (unpaired) electrons. The third-order valence-electron chi connectivity index (χ3n) is 2.61. The van der Waals surface area contributed by atoms with E-state index in [1.165, 1.54) is 6.07 Å². The van der Waals surface area contributed by atoms with Crippen molar-refractivity contribution in [1.82, 2.24) is 4.31 Å². The number of hydrogen-bond donors (Lipinski definition) is 1. The molecular formula is C13H18BrNO5S. The van der Waals surface area contributed by atoms with Crippen molar-refractivity contribution in [3.8, 4) is 5.75 Å². The molecule has 0 aromatic heterocycles. The van der Waals surface area contributed by atoms with Gasteiger partial charge in [-0.1, -0.05) is 22.9 Å². The Morgan fingerprint density at radius 2 is 2.05 bits per heavy atom. The highest BCUT2D eigenvalue weighted by atomic mass is 79.9. The first kappa shape index (κ1) is 17.9. The number of aliphatic carboxylic acids is 1. The number of carbonyl (C=O) groups is 1. The molecule has 0 saturated carbocycles. The lowest BCUT2D eigenvalue weighted by atomic mass is 10.3. The molecule has 0 amide bonds. The zero-order valence-corrected chi connectivity index (χ0v) is 14.3. The molecule has 1 aromatic rings. The number of halogens is 1. The lowest BCUT2D eigenvalue weighted by molar-refractivity contribution is -0.137. The fourth-order valence-corrected chi connectivity index (χ4v) is 3.93. The highest BCUT2D eigenvalue weighted by Gasteiger charge is 2.29. The number of rotatable bonds is 8. The lowest BCUT2D eigenvalue weighted by Crippen LogP contribution is -2.36. The molecule has 1 rings (SSSR count). The Hall–Kier alpha value is -1.12. The second kappa shape index (κ2) is 7.77. The third kappa shape index (κ3) is 4.69. The monoisotopic (exact) mass is 379 g/mol. The predicted octanol–water partition coefficient (Wildman–Crippen LogP) is 2.33. The number of hydrogen-bond acceptors (Lipinski definition) is 4. The van der Waals surface area contributed by atoms with Gasteiger partial charge in [0.1, 0.15) is 17.2 Å². The molecule has 0 spiro atoms. The summed E-state index contributed by atoms with van der Waals surface area (Å²) in [6.07, 6.45) is 0.518. The molecule has 0 saturated heterocycles. The van der Waals surface area contributed by atoms with Crippen LogP contribution in [0.15, 0.2) is 27.6 Å². The van der Waals surface area contributed by atoms with Crippen LogP contribution in [0.2, 0.25) is 0 Å². The number of carboxylic acids is 1. The van der Waals surface area contributed by atoms with Gasteiger partial charge in [-0.05, 0) is 31.5 Å². The van der Waals surface area contributed by atoms with E-state index in [4.69, 9.17) is 9.84 Å². The Bertz CT molecular complexity index is 603. The maximum atomic E-state index is 12.7. The van der Waals surface area contributed by atoms with Crippen molar-refractivity contribution in [1.29, 1.82) is 0 Å². The van der Waals surface area contributed by atoms with E-state index in [0.717, 1.165) is 4.31 Å². The Kier molecular flexibility index (Phi) is 6.63. The van der Waals surface area contributed by atoms with E-state index in [9.17, 15) is 13.2 Å². The number of carboxylic acid groups (broad SMARTS) is 1. The molecular weight excluding hydrogens is 362 g/mol. The summed E-state index contributed by atoms with van der Waals surface area (Å²) >= 11 is 3.22. The average molecular weight is 380 g/mol. The fourth-order valence-electron chi connectivity index (χ4n) is 1.78. The van der Waals surface area contributed by atoms with Crippen molar-refractivity contribution in [3.05, 3.63) is 22.7 Å². The van der Waals surface area contributed by atoms with Crippen LogP contribution in [0.1, 0.15) is 20.3 Å². The van der Waals surface area contributed by atoms with Crippen LogP contribution in [0, 0.1) is 0 Å². The Morgan fingerprint density at radius 3 is 2.57 bits per heavy atom. The number of sulfonamides is 1. The van der Waals surface area contributed by atoms with Gasteiger partial charge in [0.15, 0.2) is 0 Å². The first-order valence-electron chi connectivity index (χ1n) is 6.47. The Morgan fingerprint density at radius 1 is 1.38 bits per heavy atom. The summed E-state index contributed by atoms with van der Waals surface area (Å²) in [5, 5.41) is 8.90. The summed E-state index contributed by atoms with van der Waals surface area (Å²) < 4.78 is 32.2. The zero-order valence-electron chi connectivity index (χ0n) is 11.9. The SMILES string of the molecule is CCCN(CC(=O)O)S(=O)(=O)c1cc(Br)ccc1OCC. The van der Waals surface area contributed by atoms with Crippen LogP contribution in [0.4, 0.5) is 0 Å². The highest BCUT2D eigenvalue weighted by molar-refractivity contribution is 9.10. The smallest absolute Gasteiger partial charge is 0.318 e. The Balaban J connectivity index is 3.32. The van der Waals surface area contributed by atoms with Gasteiger partial charge in [-0.3, -0.25) is 4.79 Å². The van der Waals surface area contributed by atoms with Gasteiger partial charge in [0.2, 0.25) is 10.0 Å². The van der Waals surface area contributed by atoms with Crippen molar-refractivity contribution in [2.24, 2.45) is 0 Å². The largest absolute Gasteiger partial charge is 0.492 e.